The molecule has 15 heavy (non-hydrogen) atoms. The Labute approximate surface area is 87.1 Å². The zero-order chi connectivity index (χ0) is 11.7. The fraction of sp³-hybridized carbons (Fsp3) is 0.889. The van der Waals surface area contributed by atoms with E-state index in [1.807, 2.05) is 0 Å². The van der Waals surface area contributed by atoms with Crippen molar-refractivity contribution in [2.24, 2.45) is 5.92 Å². The van der Waals surface area contributed by atoms with E-state index in [-0.39, 0.29) is 5.92 Å². The highest BCUT2D eigenvalue weighted by Crippen LogP contribution is 2.22. The summed E-state index contributed by atoms with van der Waals surface area (Å²) in [7, 11) is 0. The Morgan fingerprint density at radius 2 is 1.73 bits per heavy atom. The van der Waals surface area contributed by atoms with Crippen LogP contribution in [0.15, 0.2) is 0 Å². The van der Waals surface area contributed by atoms with Crippen LogP contribution in [-0.4, -0.2) is 56.9 Å². The van der Waals surface area contributed by atoms with Crippen molar-refractivity contribution >= 4 is 5.78 Å². The van der Waals surface area contributed by atoms with Crippen molar-refractivity contribution in [1.82, 2.24) is 0 Å². The maximum absolute atomic E-state index is 11.5. The van der Waals surface area contributed by atoms with Gasteiger partial charge in [0.2, 0.25) is 0 Å². The maximum Gasteiger partial charge on any atom is 0.193 e. The molecule has 4 N–H and O–H groups in total. The number of ether oxygens (including phenoxy) is 1. The van der Waals surface area contributed by atoms with E-state index in [4.69, 9.17) is 10.2 Å². The number of carbonyl (C=O) groups is 1. The molecule has 1 saturated heterocycles. The van der Waals surface area contributed by atoms with Crippen molar-refractivity contribution < 1.29 is 30.0 Å². The number of aliphatic hydroxyl groups is 4. The number of hydrogen-bond donors (Lipinski definition) is 4. The molecule has 1 rings (SSSR count). The number of rotatable bonds is 3. The van der Waals surface area contributed by atoms with Gasteiger partial charge in [-0.25, -0.2) is 0 Å². The van der Waals surface area contributed by atoms with E-state index >= 15 is 0 Å². The first-order valence-corrected chi connectivity index (χ1v) is 4.77. The third kappa shape index (κ3) is 2.35. The van der Waals surface area contributed by atoms with Crippen LogP contribution in [-0.2, 0) is 9.53 Å². The Morgan fingerprint density at radius 1 is 1.20 bits per heavy atom. The molecule has 0 aliphatic carbocycles. The lowest BCUT2D eigenvalue weighted by Gasteiger charge is -2.19. The number of carbonyl (C=O) groups excluding carboxylic acids is 1. The van der Waals surface area contributed by atoms with Gasteiger partial charge in [0.15, 0.2) is 18.2 Å². The smallest absolute Gasteiger partial charge is 0.193 e. The number of ketones is 1. The van der Waals surface area contributed by atoms with Crippen LogP contribution in [0.3, 0.4) is 0 Å². The Morgan fingerprint density at radius 3 is 2.07 bits per heavy atom. The molecule has 6 nitrogen and oxygen atoms in total. The van der Waals surface area contributed by atoms with Gasteiger partial charge in [0, 0.05) is 0 Å². The van der Waals surface area contributed by atoms with Crippen LogP contribution in [0.1, 0.15) is 13.8 Å². The zero-order valence-electron chi connectivity index (χ0n) is 8.57. The summed E-state index contributed by atoms with van der Waals surface area (Å²) in [5, 5.41) is 37.0. The van der Waals surface area contributed by atoms with Crippen LogP contribution in [0, 0.1) is 5.92 Å². The second-order valence-corrected chi connectivity index (χ2v) is 4.02. The Balaban J connectivity index is 2.70. The molecule has 0 aromatic heterocycles. The first-order valence-electron chi connectivity index (χ1n) is 4.77. The van der Waals surface area contributed by atoms with E-state index in [0.29, 0.717) is 0 Å². The van der Waals surface area contributed by atoms with E-state index in [1.165, 1.54) is 0 Å². The van der Waals surface area contributed by atoms with Crippen molar-refractivity contribution in [2.45, 2.75) is 44.6 Å². The molecule has 0 bridgehead atoms. The highest BCUT2D eigenvalue weighted by Gasteiger charge is 2.47. The standard InChI is InChI=1S/C9H16O6/c1-3(2)4(10)5(11)8-6(12)7(13)9(14)15-8/h3-4,6-10,12-14H,1-2H3/t4?,6-,7+,8-,9?/m1/s1. The maximum atomic E-state index is 11.5. The quantitative estimate of drug-likeness (QED) is 0.438. The summed E-state index contributed by atoms with van der Waals surface area (Å²) < 4.78 is 4.66. The summed E-state index contributed by atoms with van der Waals surface area (Å²) in [5.41, 5.74) is 0. The van der Waals surface area contributed by atoms with E-state index in [2.05, 4.69) is 4.74 Å². The number of Topliss-reactive ketones (excluding diaryl/α,β-unsaturated/α-hetero) is 1. The normalized spacial score (nSPS) is 38.3. The highest BCUT2D eigenvalue weighted by atomic mass is 16.6. The third-order valence-electron chi connectivity index (χ3n) is 2.44. The lowest BCUT2D eigenvalue weighted by molar-refractivity contribution is -0.157. The highest BCUT2D eigenvalue weighted by molar-refractivity contribution is 5.88. The largest absolute Gasteiger partial charge is 0.387 e. The van der Waals surface area contributed by atoms with Crippen molar-refractivity contribution in [2.75, 3.05) is 0 Å². The van der Waals surface area contributed by atoms with E-state index in [9.17, 15) is 15.0 Å². The summed E-state index contributed by atoms with van der Waals surface area (Å²) >= 11 is 0. The predicted molar refractivity (Wildman–Crippen MR) is 48.7 cm³/mol. The average Bonchev–Trinajstić information content (AvgIpc) is 2.43. The summed E-state index contributed by atoms with van der Waals surface area (Å²) in [6, 6.07) is 0. The Kier molecular flexibility index (Phi) is 3.80. The second-order valence-electron chi connectivity index (χ2n) is 4.02. The molecular formula is C9H16O6. The van der Waals surface area contributed by atoms with Crippen molar-refractivity contribution in [3.05, 3.63) is 0 Å². The van der Waals surface area contributed by atoms with Crippen molar-refractivity contribution in [1.29, 1.82) is 0 Å². The van der Waals surface area contributed by atoms with Crippen LogP contribution in [0.2, 0.25) is 0 Å². The molecule has 0 spiro atoms. The minimum Gasteiger partial charge on any atom is -0.387 e. The number of hydrogen-bond acceptors (Lipinski definition) is 6. The van der Waals surface area contributed by atoms with Crippen molar-refractivity contribution in [3.63, 3.8) is 0 Å². The van der Waals surface area contributed by atoms with Gasteiger partial charge < -0.3 is 25.2 Å². The zero-order valence-corrected chi connectivity index (χ0v) is 8.57. The Bertz CT molecular complexity index is 241. The molecule has 1 heterocycles. The van der Waals surface area contributed by atoms with Gasteiger partial charge >= 0.3 is 0 Å². The molecule has 0 aromatic carbocycles. The van der Waals surface area contributed by atoms with Gasteiger partial charge in [-0.3, -0.25) is 4.79 Å². The van der Waals surface area contributed by atoms with Crippen molar-refractivity contribution in [3.8, 4) is 0 Å². The molecule has 1 aliphatic heterocycles. The van der Waals surface area contributed by atoms with Crippen LogP contribution in [0.5, 0.6) is 0 Å². The van der Waals surface area contributed by atoms with E-state index < -0.39 is 36.5 Å². The monoisotopic (exact) mass is 220 g/mol. The fourth-order valence-corrected chi connectivity index (χ4v) is 1.39. The van der Waals surface area contributed by atoms with Crippen LogP contribution in [0.25, 0.3) is 0 Å². The molecule has 5 atom stereocenters. The first kappa shape index (κ1) is 12.5. The minimum absolute atomic E-state index is 0.316. The predicted octanol–water partition coefficient (Wildman–Crippen LogP) is -1.99. The lowest BCUT2D eigenvalue weighted by Crippen LogP contribution is -2.43. The van der Waals surface area contributed by atoms with Crippen LogP contribution >= 0.6 is 0 Å². The molecular weight excluding hydrogens is 204 g/mol. The van der Waals surface area contributed by atoms with Gasteiger partial charge in [-0.05, 0) is 5.92 Å². The third-order valence-corrected chi connectivity index (χ3v) is 2.44. The number of aliphatic hydroxyl groups excluding tert-OH is 4. The average molecular weight is 220 g/mol. The van der Waals surface area contributed by atoms with Gasteiger partial charge in [-0.2, -0.15) is 0 Å². The lowest BCUT2D eigenvalue weighted by atomic mass is 9.96. The van der Waals surface area contributed by atoms with Crippen LogP contribution < -0.4 is 0 Å². The molecule has 2 unspecified atom stereocenters. The Hall–Kier alpha value is -0.530. The van der Waals surface area contributed by atoms with Gasteiger partial charge in [0.05, 0.1) is 0 Å². The summed E-state index contributed by atoms with van der Waals surface area (Å²) in [5.74, 6) is -1.05. The van der Waals surface area contributed by atoms with Gasteiger partial charge in [0.25, 0.3) is 0 Å². The molecule has 0 radical (unpaired) electrons. The molecule has 88 valence electrons. The summed E-state index contributed by atoms with van der Waals surface area (Å²) in [4.78, 5) is 11.5. The molecule has 0 aromatic rings. The summed E-state index contributed by atoms with van der Waals surface area (Å²) in [6.45, 7) is 3.27. The van der Waals surface area contributed by atoms with E-state index in [1.54, 1.807) is 13.8 Å². The second kappa shape index (κ2) is 4.54. The molecule has 1 fully saturated rings. The summed E-state index contributed by atoms with van der Waals surface area (Å²) in [6.07, 6.45) is -7.25. The molecule has 1 aliphatic rings. The van der Waals surface area contributed by atoms with Crippen LogP contribution in [0.4, 0.5) is 0 Å². The fourth-order valence-electron chi connectivity index (χ4n) is 1.39. The first-order chi connectivity index (χ1) is 6.86. The van der Waals surface area contributed by atoms with Gasteiger partial charge in [-0.15, -0.1) is 0 Å². The topological polar surface area (TPSA) is 107 Å². The molecule has 0 amide bonds. The minimum atomic E-state index is -1.59. The SMILES string of the molecule is CC(C)C(O)C(=O)[C@H]1OC(O)[C@@H](O)[C@H]1O. The van der Waals surface area contributed by atoms with E-state index in [0.717, 1.165) is 0 Å². The van der Waals surface area contributed by atoms with Gasteiger partial charge in [0.1, 0.15) is 18.3 Å². The molecule has 0 saturated carbocycles. The van der Waals surface area contributed by atoms with Gasteiger partial charge in [-0.1, -0.05) is 13.8 Å². The molecule has 6 heteroatoms.